The molecular formula is C17H15NO. The van der Waals surface area contributed by atoms with Gasteiger partial charge in [0.05, 0.1) is 17.8 Å². The van der Waals surface area contributed by atoms with Crippen LogP contribution in [-0.4, -0.2) is 11.6 Å². The average Bonchev–Trinajstić information content (AvgIpc) is 2.48. The van der Waals surface area contributed by atoms with Crippen LogP contribution in [0, 0.1) is 0 Å². The van der Waals surface area contributed by atoms with E-state index in [1.165, 1.54) is 0 Å². The topological polar surface area (TPSA) is 22.1 Å². The van der Waals surface area contributed by atoms with Crippen molar-refractivity contribution in [3.05, 3.63) is 60.7 Å². The minimum absolute atomic E-state index is 0.657. The molecule has 19 heavy (non-hydrogen) atoms. The van der Waals surface area contributed by atoms with Gasteiger partial charge >= 0.3 is 0 Å². The highest BCUT2D eigenvalue weighted by Crippen LogP contribution is 2.29. The fraction of sp³-hybridized carbons (Fsp3) is 0.118. The van der Waals surface area contributed by atoms with Crippen LogP contribution in [0.5, 0.6) is 5.75 Å². The molecule has 0 aliphatic carbocycles. The summed E-state index contributed by atoms with van der Waals surface area (Å²) in [5.41, 5.74) is 2.99. The number of ether oxygens (including phenoxy) is 1. The second-order valence-corrected chi connectivity index (χ2v) is 4.32. The maximum atomic E-state index is 5.66. The number of benzene rings is 2. The molecule has 0 atom stereocenters. The summed E-state index contributed by atoms with van der Waals surface area (Å²) < 4.78 is 5.66. The molecule has 0 bridgehead atoms. The normalized spacial score (nSPS) is 10.6. The van der Waals surface area contributed by atoms with Crippen LogP contribution in [-0.2, 0) is 0 Å². The van der Waals surface area contributed by atoms with Gasteiger partial charge in [-0.15, -0.1) is 0 Å². The predicted octanol–water partition coefficient (Wildman–Crippen LogP) is 4.30. The van der Waals surface area contributed by atoms with E-state index in [0.717, 1.165) is 27.9 Å². The predicted molar refractivity (Wildman–Crippen MR) is 78.3 cm³/mol. The summed E-state index contributed by atoms with van der Waals surface area (Å²) in [7, 11) is 0. The van der Waals surface area contributed by atoms with E-state index in [9.17, 15) is 0 Å². The number of hydrogen-bond acceptors (Lipinski definition) is 2. The van der Waals surface area contributed by atoms with E-state index in [1.807, 2.05) is 55.5 Å². The highest BCUT2D eigenvalue weighted by Gasteiger charge is 2.07. The molecule has 0 amide bonds. The summed E-state index contributed by atoms with van der Waals surface area (Å²) in [6.45, 7) is 2.65. The van der Waals surface area contributed by atoms with Gasteiger partial charge in [0.25, 0.3) is 0 Å². The first-order valence-electron chi connectivity index (χ1n) is 6.46. The molecule has 0 aliphatic heterocycles. The first-order chi connectivity index (χ1) is 9.38. The van der Waals surface area contributed by atoms with Gasteiger partial charge in [0.15, 0.2) is 0 Å². The zero-order valence-electron chi connectivity index (χ0n) is 10.8. The van der Waals surface area contributed by atoms with E-state index >= 15 is 0 Å². The molecule has 0 N–H and O–H groups in total. The monoisotopic (exact) mass is 249 g/mol. The van der Waals surface area contributed by atoms with Crippen molar-refractivity contribution in [2.45, 2.75) is 6.92 Å². The van der Waals surface area contributed by atoms with Crippen LogP contribution >= 0.6 is 0 Å². The summed E-state index contributed by atoms with van der Waals surface area (Å²) >= 11 is 0. The Labute approximate surface area is 112 Å². The molecule has 94 valence electrons. The molecule has 0 saturated carbocycles. The third-order valence-corrected chi connectivity index (χ3v) is 3.06. The Hall–Kier alpha value is -2.35. The molecule has 2 aromatic carbocycles. The Morgan fingerprint density at radius 1 is 0.895 bits per heavy atom. The van der Waals surface area contributed by atoms with Crippen LogP contribution in [0.1, 0.15) is 6.92 Å². The number of nitrogens with zero attached hydrogens (tertiary/aromatic N) is 1. The van der Waals surface area contributed by atoms with Crippen LogP contribution in [0.15, 0.2) is 60.7 Å². The summed E-state index contributed by atoms with van der Waals surface area (Å²) in [5.74, 6) is 0.882. The van der Waals surface area contributed by atoms with Crippen molar-refractivity contribution in [3.8, 4) is 17.0 Å². The Kier molecular flexibility index (Phi) is 3.15. The molecule has 0 radical (unpaired) electrons. The molecule has 0 aliphatic rings. The van der Waals surface area contributed by atoms with Gasteiger partial charge in [0.1, 0.15) is 5.75 Å². The SMILES string of the molecule is CCOc1ccccc1-c1ccc2ccccc2n1. The van der Waals surface area contributed by atoms with E-state index in [2.05, 4.69) is 12.1 Å². The average molecular weight is 249 g/mol. The quantitative estimate of drug-likeness (QED) is 0.690. The van der Waals surface area contributed by atoms with Crippen molar-refractivity contribution in [3.63, 3.8) is 0 Å². The van der Waals surface area contributed by atoms with E-state index in [1.54, 1.807) is 0 Å². The lowest BCUT2D eigenvalue weighted by atomic mass is 10.1. The Balaban J connectivity index is 2.13. The van der Waals surface area contributed by atoms with E-state index in [4.69, 9.17) is 9.72 Å². The van der Waals surface area contributed by atoms with Crippen LogP contribution in [0.25, 0.3) is 22.2 Å². The summed E-state index contributed by atoms with van der Waals surface area (Å²) in [4.78, 5) is 4.71. The van der Waals surface area contributed by atoms with Crippen molar-refractivity contribution in [2.24, 2.45) is 0 Å². The third kappa shape index (κ3) is 2.29. The summed E-state index contributed by atoms with van der Waals surface area (Å²) in [6, 6.07) is 20.3. The Morgan fingerprint density at radius 2 is 1.68 bits per heavy atom. The zero-order chi connectivity index (χ0) is 13.1. The minimum Gasteiger partial charge on any atom is -0.493 e. The number of aromatic nitrogens is 1. The lowest BCUT2D eigenvalue weighted by Gasteiger charge is -2.10. The molecule has 0 fully saturated rings. The number of fused-ring (bicyclic) bond motifs is 1. The van der Waals surface area contributed by atoms with Gasteiger partial charge < -0.3 is 4.74 Å². The van der Waals surface area contributed by atoms with Gasteiger partial charge in [-0.05, 0) is 31.2 Å². The van der Waals surface area contributed by atoms with Crippen molar-refractivity contribution in [1.29, 1.82) is 0 Å². The molecule has 3 rings (SSSR count). The standard InChI is InChI=1S/C17H15NO/c1-2-19-17-10-6-4-8-14(17)16-12-11-13-7-3-5-9-15(13)18-16/h3-12H,2H2,1H3. The smallest absolute Gasteiger partial charge is 0.128 e. The summed E-state index contributed by atoms with van der Waals surface area (Å²) in [5, 5.41) is 1.15. The Morgan fingerprint density at radius 3 is 2.58 bits per heavy atom. The molecular weight excluding hydrogens is 234 g/mol. The largest absolute Gasteiger partial charge is 0.493 e. The van der Waals surface area contributed by atoms with Crippen LogP contribution in [0.4, 0.5) is 0 Å². The van der Waals surface area contributed by atoms with E-state index < -0.39 is 0 Å². The first-order valence-corrected chi connectivity index (χ1v) is 6.46. The van der Waals surface area contributed by atoms with Gasteiger partial charge in [0, 0.05) is 10.9 Å². The van der Waals surface area contributed by atoms with E-state index in [-0.39, 0.29) is 0 Å². The highest BCUT2D eigenvalue weighted by molar-refractivity contribution is 5.82. The lowest BCUT2D eigenvalue weighted by Crippen LogP contribution is -1.94. The van der Waals surface area contributed by atoms with Crippen LogP contribution in [0.2, 0.25) is 0 Å². The third-order valence-electron chi connectivity index (χ3n) is 3.06. The second kappa shape index (κ2) is 5.11. The van der Waals surface area contributed by atoms with Gasteiger partial charge in [-0.3, -0.25) is 0 Å². The minimum atomic E-state index is 0.657. The molecule has 0 unspecified atom stereocenters. The Bertz CT molecular complexity index is 706. The number of para-hydroxylation sites is 2. The highest BCUT2D eigenvalue weighted by atomic mass is 16.5. The van der Waals surface area contributed by atoms with Crippen molar-refractivity contribution in [2.75, 3.05) is 6.61 Å². The molecule has 1 aromatic heterocycles. The van der Waals surface area contributed by atoms with Crippen molar-refractivity contribution >= 4 is 10.9 Å². The molecule has 3 aromatic rings. The number of rotatable bonds is 3. The molecule has 0 saturated heterocycles. The maximum Gasteiger partial charge on any atom is 0.128 e. The van der Waals surface area contributed by atoms with Crippen molar-refractivity contribution < 1.29 is 4.74 Å². The number of pyridine rings is 1. The molecule has 2 heteroatoms. The van der Waals surface area contributed by atoms with Gasteiger partial charge in [-0.25, -0.2) is 4.98 Å². The van der Waals surface area contributed by atoms with Crippen LogP contribution in [0.3, 0.4) is 0 Å². The van der Waals surface area contributed by atoms with Crippen molar-refractivity contribution in [1.82, 2.24) is 4.98 Å². The van der Waals surface area contributed by atoms with Gasteiger partial charge in [0.2, 0.25) is 0 Å². The fourth-order valence-electron chi connectivity index (χ4n) is 2.18. The van der Waals surface area contributed by atoms with Gasteiger partial charge in [-0.2, -0.15) is 0 Å². The van der Waals surface area contributed by atoms with Crippen LogP contribution < -0.4 is 4.74 Å². The second-order valence-electron chi connectivity index (χ2n) is 4.32. The lowest BCUT2D eigenvalue weighted by molar-refractivity contribution is 0.341. The zero-order valence-corrected chi connectivity index (χ0v) is 10.8. The molecule has 0 spiro atoms. The fourth-order valence-corrected chi connectivity index (χ4v) is 2.18. The number of hydrogen-bond donors (Lipinski definition) is 0. The first kappa shape index (κ1) is 11.7. The molecule has 2 nitrogen and oxygen atoms in total. The summed E-state index contributed by atoms with van der Waals surface area (Å²) in [6.07, 6.45) is 0. The van der Waals surface area contributed by atoms with E-state index in [0.29, 0.717) is 6.61 Å². The maximum absolute atomic E-state index is 5.66. The van der Waals surface area contributed by atoms with Gasteiger partial charge in [-0.1, -0.05) is 36.4 Å². The molecule has 1 heterocycles.